The molecule has 0 radical (unpaired) electrons. The third kappa shape index (κ3) is 2.64. The van der Waals surface area contributed by atoms with Gasteiger partial charge in [-0.15, -0.1) is 0 Å². The zero-order chi connectivity index (χ0) is 11.4. The molecular formula is C13H23N3. The van der Waals surface area contributed by atoms with Gasteiger partial charge >= 0.3 is 0 Å². The molecule has 1 aromatic heterocycles. The van der Waals surface area contributed by atoms with E-state index in [1.54, 1.807) is 0 Å². The van der Waals surface area contributed by atoms with Crippen molar-refractivity contribution in [2.45, 2.75) is 51.0 Å². The summed E-state index contributed by atoms with van der Waals surface area (Å²) >= 11 is 0. The summed E-state index contributed by atoms with van der Waals surface area (Å²) in [5.41, 5.74) is 1.36. The molecule has 0 bridgehead atoms. The number of rotatable bonds is 4. The fourth-order valence-corrected chi connectivity index (χ4v) is 2.58. The first-order chi connectivity index (χ1) is 7.81. The number of aromatic nitrogens is 2. The minimum Gasteiger partial charge on any atom is -0.319 e. The molecule has 1 saturated carbocycles. The number of hydrogen-bond donors (Lipinski definition) is 1. The molecule has 3 heteroatoms. The first kappa shape index (κ1) is 11.6. The minimum absolute atomic E-state index is 0.558. The third-order valence-corrected chi connectivity index (χ3v) is 3.65. The van der Waals surface area contributed by atoms with Crippen LogP contribution in [0.25, 0.3) is 0 Å². The normalized spacial score (nSPS) is 19.9. The molecule has 1 unspecified atom stereocenters. The fourth-order valence-electron chi connectivity index (χ4n) is 2.58. The van der Waals surface area contributed by atoms with Crippen LogP contribution in [-0.2, 0) is 0 Å². The summed E-state index contributed by atoms with van der Waals surface area (Å²) in [5, 5.41) is 7.75. The largest absolute Gasteiger partial charge is 0.319 e. The fraction of sp³-hybridized carbons (Fsp3) is 0.769. The zero-order valence-corrected chi connectivity index (χ0v) is 10.4. The molecule has 0 aliphatic heterocycles. The Kier molecular flexibility index (Phi) is 3.99. The highest BCUT2D eigenvalue weighted by Crippen LogP contribution is 2.28. The number of likely N-dealkylation sites (N-methyl/N-ethyl adjacent to an activating group) is 1. The van der Waals surface area contributed by atoms with Gasteiger partial charge in [-0.25, -0.2) is 0 Å². The Morgan fingerprint density at radius 1 is 1.44 bits per heavy atom. The first-order valence-corrected chi connectivity index (χ1v) is 6.50. The van der Waals surface area contributed by atoms with E-state index >= 15 is 0 Å². The van der Waals surface area contributed by atoms with E-state index in [1.165, 1.54) is 37.7 Å². The third-order valence-electron chi connectivity index (χ3n) is 3.65. The predicted octanol–water partition coefficient (Wildman–Crippen LogP) is 2.71. The lowest BCUT2D eigenvalue weighted by Gasteiger charge is -2.21. The van der Waals surface area contributed by atoms with E-state index in [9.17, 15) is 0 Å². The number of nitrogens with zero attached hydrogens (tertiary/aromatic N) is 2. The maximum Gasteiger partial charge on any atom is 0.0525 e. The van der Waals surface area contributed by atoms with Crippen molar-refractivity contribution in [3.05, 3.63) is 18.0 Å². The molecular weight excluding hydrogens is 198 g/mol. The molecule has 1 aliphatic rings. The summed E-state index contributed by atoms with van der Waals surface area (Å²) in [6.45, 7) is 3.27. The lowest BCUT2D eigenvalue weighted by Crippen LogP contribution is -2.15. The van der Waals surface area contributed by atoms with Gasteiger partial charge in [0.15, 0.2) is 0 Å². The molecule has 16 heavy (non-hydrogen) atoms. The first-order valence-electron chi connectivity index (χ1n) is 6.50. The summed E-state index contributed by atoms with van der Waals surface area (Å²) in [6, 6.07) is 0.657. The Balaban J connectivity index is 2.00. The Labute approximate surface area is 98.2 Å². The van der Waals surface area contributed by atoms with Crippen LogP contribution in [0, 0.1) is 0 Å². The summed E-state index contributed by atoms with van der Waals surface area (Å²) in [6.07, 6.45) is 11.0. The second-order valence-corrected chi connectivity index (χ2v) is 5.00. The van der Waals surface area contributed by atoms with Crippen LogP contribution in [0.15, 0.2) is 12.4 Å². The molecule has 1 heterocycles. The maximum absolute atomic E-state index is 4.53. The Bertz CT molecular complexity index is 313. The van der Waals surface area contributed by atoms with Crippen LogP contribution in [0.4, 0.5) is 0 Å². The van der Waals surface area contributed by atoms with E-state index in [2.05, 4.69) is 28.2 Å². The van der Waals surface area contributed by atoms with Crippen molar-refractivity contribution in [3.63, 3.8) is 0 Å². The highest BCUT2D eigenvalue weighted by molar-refractivity contribution is 5.11. The molecule has 0 amide bonds. The van der Waals surface area contributed by atoms with Crippen molar-refractivity contribution in [2.24, 2.45) is 0 Å². The molecule has 1 N–H and O–H groups in total. The van der Waals surface area contributed by atoms with Crippen molar-refractivity contribution < 1.29 is 0 Å². The van der Waals surface area contributed by atoms with Gasteiger partial charge in [0.1, 0.15) is 0 Å². The van der Waals surface area contributed by atoms with Gasteiger partial charge in [0.25, 0.3) is 0 Å². The van der Waals surface area contributed by atoms with Crippen LogP contribution in [-0.4, -0.2) is 23.4 Å². The zero-order valence-electron chi connectivity index (χ0n) is 10.4. The van der Waals surface area contributed by atoms with Crippen LogP contribution in [0.5, 0.6) is 0 Å². The van der Waals surface area contributed by atoms with E-state index in [4.69, 9.17) is 0 Å². The number of nitrogens with one attached hydrogen (secondary N) is 1. The van der Waals surface area contributed by atoms with Gasteiger partial charge in [0.05, 0.1) is 12.2 Å². The van der Waals surface area contributed by atoms with Crippen molar-refractivity contribution in [1.29, 1.82) is 0 Å². The van der Waals surface area contributed by atoms with Gasteiger partial charge in [0, 0.05) is 12.7 Å². The van der Waals surface area contributed by atoms with Crippen molar-refractivity contribution in [1.82, 2.24) is 15.1 Å². The van der Waals surface area contributed by atoms with Crippen LogP contribution < -0.4 is 5.32 Å². The summed E-state index contributed by atoms with van der Waals surface area (Å²) in [4.78, 5) is 0. The van der Waals surface area contributed by atoms with E-state index in [0.29, 0.717) is 12.0 Å². The van der Waals surface area contributed by atoms with Crippen molar-refractivity contribution >= 4 is 0 Å². The molecule has 2 rings (SSSR count). The molecule has 0 saturated heterocycles. The van der Waals surface area contributed by atoms with Gasteiger partial charge in [-0.3, -0.25) is 4.68 Å². The maximum atomic E-state index is 4.53. The van der Waals surface area contributed by atoms with E-state index < -0.39 is 0 Å². The van der Waals surface area contributed by atoms with Gasteiger partial charge in [-0.2, -0.15) is 5.10 Å². The predicted molar refractivity (Wildman–Crippen MR) is 66.7 cm³/mol. The van der Waals surface area contributed by atoms with Crippen LogP contribution in [0.2, 0.25) is 0 Å². The molecule has 1 aromatic rings. The molecule has 0 aromatic carbocycles. The average Bonchev–Trinajstić information content (AvgIpc) is 2.80. The van der Waals surface area contributed by atoms with E-state index in [0.717, 1.165) is 6.54 Å². The molecule has 1 fully saturated rings. The second-order valence-electron chi connectivity index (χ2n) is 5.00. The van der Waals surface area contributed by atoms with Gasteiger partial charge in [0.2, 0.25) is 0 Å². The molecule has 1 aliphatic carbocycles. The summed E-state index contributed by atoms with van der Waals surface area (Å²) in [7, 11) is 2.00. The Morgan fingerprint density at radius 2 is 2.19 bits per heavy atom. The highest BCUT2D eigenvalue weighted by Gasteiger charge is 2.17. The molecule has 3 nitrogen and oxygen atoms in total. The van der Waals surface area contributed by atoms with Gasteiger partial charge < -0.3 is 5.32 Å². The van der Waals surface area contributed by atoms with Crippen LogP contribution in [0.1, 0.15) is 56.6 Å². The highest BCUT2D eigenvalue weighted by atomic mass is 15.3. The second kappa shape index (κ2) is 5.48. The monoisotopic (exact) mass is 221 g/mol. The van der Waals surface area contributed by atoms with Crippen molar-refractivity contribution in [2.75, 3.05) is 13.6 Å². The Hall–Kier alpha value is -0.830. The standard InChI is InChI=1S/C13H23N3/c1-11(8-14-2)12-9-15-16(10-12)13-6-4-3-5-7-13/h9-11,13-14H,3-8H2,1-2H3. The number of hydrogen-bond acceptors (Lipinski definition) is 2. The molecule has 0 spiro atoms. The lowest BCUT2D eigenvalue weighted by atomic mass is 9.96. The lowest BCUT2D eigenvalue weighted by molar-refractivity contribution is 0.329. The SMILES string of the molecule is CNCC(C)c1cnn(C2CCCCC2)c1. The molecule has 1 atom stereocenters. The molecule has 90 valence electrons. The summed E-state index contributed by atoms with van der Waals surface area (Å²) in [5.74, 6) is 0.558. The van der Waals surface area contributed by atoms with E-state index in [-0.39, 0.29) is 0 Å². The van der Waals surface area contributed by atoms with Crippen LogP contribution >= 0.6 is 0 Å². The summed E-state index contributed by atoms with van der Waals surface area (Å²) < 4.78 is 2.20. The average molecular weight is 221 g/mol. The quantitative estimate of drug-likeness (QED) is 0.847. The topological polar surface area (TPSA) is 29.9 Å². The minimum atomic E-state index is 0.558. The van der Waals surface area contributed by atoms with E-state index in [1.807, 2.05) is 13.2 Å². The Morgan fingerprint density at radius 3 is 2.88 bits per heavy atom. The van der Waals surface area contributed by atoms with Gasteiger partial charge in [-0.05, 0) is 31.4 Å². The van der Waals surface area contributed by atoms with Gasteiger partial charge in [-0.1, -0.05) is 26.2 Å². The van der Waals surface area contributed by atoms with Crippen molar-refractivity contribution in [3.8, 4) is 0 Å². The van der Waals surface area contributed by atoms with Crippen LogP contribution in [0.3, 0.4) is 0 Å². The smallest absolute Gasteiger partial charge is 0.0525 e.